The minimum atomic E-state index is -4.75. The van der Waals surface area contributed by atoms with Gasteiger partial charge in [0.1, 0.15) is 4.90 Å². The minimum absolute atomic E-state index is 0.0465. The molecule has 110 valence electrons. The smallest absolute Gasteiger partial charge is 0.282 e. The molecular weight excluding hydrogens is 322 g/mol. The molecule has 0 fully saturated rings. The van der Waals surface area contributed by atoms with E-state index in [1.807, 2.05) is 0 Å². The third kappa shape index (κ3) is 3.12. The fourth-order valence-electron chi connectivity index (χ4n) is 1.76. The topological polar surface area (TPSA) is 158 Å². The Morgan fingerprint density at radius 3 is 2.19 bits per heavy atom. The van der Waals surface area contributed by atoms with Crippen LogP contribution >= 0.6 is 0 Å². The highest BCUT2D eigenvalue weighted by Gasteiger charge is 2.20. The first-order valence-electron chi connectivity index (χ1n) is 5.21. The second-order valence-corrected chi connectivity index (χ2v) is 6.78. The molecule has 2 rings (SSSR count). The summed E-state index contributed by atoms with van der Waals surface area (Å²) in [5, 5.41) is 3.36. The van der Waals surface area contributed by atoms with E-state index in [9.17, 15) is 21.4 Å². The molecule has 9 nitrogen and oxygen atoms in total. The van der Waals surface area contributed by atoms with Crippen molar-refractivity contribution in [3.8, 4) is 0 Å². The highest BCUT2D eigenvalue weighted by Crippen LogP contribution is 2.30. The molecule has 0 atom stereocenters. The molecule has 2 N–H and O–H groups in total. The molecule has 0 bridgehead atoms. The minimum Gasteiger partial charge on any atom is -0.282 e. The zero-order valence-corrected chi connectivity index (χ0v) is 11.7. The van der Waals surface area contributed by atoms with Crippen molar-refractivity contribution < 1.29 is 25.9 Å². The van der Waals surface area contributed by atoms with Crippen LogP contribution in [0, 0.1) is 0 Å². The van der Waals surface area contributed by atoms with Gasteiger partial charge in [-0.3, -0.25) is 9.11 Å². The van der Waals surface area contributed by atoms with Gasteiger partial charge in [-0.1, -0.05) is 17.2 Å². The van der Waals surface area contributed by atoms with E-state index in [0.717, 1.165) is 6.07 Å². The summed E-state index contributed by atoms with van der Waals surface area (Å²) in [6.45, 7) is 0. The largest absolute Gasteiger partial charge is 0.295 e. The molecule has 21 heavy (non-hydrogen) atoms. The maximum absolute atomic E-state index is 11.4. The lowest BCUT2D eigenvalue weighted by atomic mass is 10.1. The molecule has 11 heteroatoms. The highest BCUT2D eigenvalue weighted by molar-refractivity contribution is 7.86. The van der Waals surface area contributed by atoms with Gasteiger partial charge in [-0.05, 0) is 29.1 Å². The van der Waals surface area contributed by atoms with Crippen LogP contribution in [0.4, 0.5) is 5.69 Å². The molecule has 0 aliphatic rings. The molecule has 0 radical (unpaired) electrons. The Labute approximate surface area is 119 Å². The maximum Gasteiger partial charge on any atom is 0.295 e. The summed E-state index contributed by atoms with van der Waals surface area (Å²) >= 11 is 0. The van der Waals surface area contributed by atoms with Crippen molar-refractivity contribution in [1.82, 2.24) is 0 Å². The molecule has 0 heterocycles. The number of nitrogens with zero attached hydrogens (tertiary/aromatic N) is 3. The first-order valence-corrected chi connectivity index (χ1v) is 8.09. The van der Waals surface area contributed by atoms with Crippen LogP contribution in [-0.2, 0) is 20.2 Å². The van der Waals surface area contributed by atoms with E-state index in [2.05, 4.69) is 10.0 Å². The third-order valence-electron chi connectivity index (χ3n) is 2.61. The van der Waals surface area contributed by atoms with Crippen molar-refractivity contribution in [2.75, 3.05) is 0 Å². The van der Waals surface area contributed by atoms with Gasteiger partial charge < -0.3 is 0 Å². The van der Waals surface area contributed by atoms with Gasteiger partial charge in [0, 0.05) is 16.0 Å². The maximum atomic E-state index is 11.4. The normalized spacial score (nSPS) is 12.1. The Kier molecular flexibility index (Phi) is 3.61. The Balaban J connectivity index is 2.98. The van der Waals surface area contributed by atoms with Gasteiger partial charge in [0.15, 0.2) is 0 Å². The van der Waals surface area contributed by atoms with Crippen molar-refractivity contribution in [2.24, 2.45) is 5.11 Å². The van der Waals surface area contributed by atoms with Crippen molar-refractivity contribution in [1.29, 1.82) is 0 Å². The van der Waals surface area contributed by atoms with Crippen molar-refractivity contribution in [2.45, 2.75) is 9.79 Å². The van der Waals surface area contributed by atoms with E-state index in [0.29, 0.717) is 6.07 Å². The van der Waals surface area contributed by atoms with Crippen molar-refractivity contribution in [3.05, 3.63) is 40.8 Å². The summed E-state index contributed by atoms with van der Waals surface area (Å²) in [5.41, 5.74) is 8.43. The average Bonchev–Trinajstić information content (AvgIpc) is 2.35. The lowest BCUT2D eigenvalue weighted by molar-refractivity contribution is 0.482. The molecule has 0 amide bonds. The fourth-order valence-corrected chi connectivity index (χ4v) is 3.11. The number of rotatable bonds is 3. The number of azide groups is 1. The Morgan fingerprint density at radius 1 is 1.00 bits per heavy atom. The zero-order valence-electron chi connectivity index (χ0n) is 10.1. The van der Waals surface area contributed by atoms with Crippen molar-refractivity contribution >= 4 is 36.7 Å². The molecule has 0 saturated heterocycles. The lowest BCUT2D eigenvalue weighted by Gasteiger charge is -2.07. The lowest BCUT2D eigenvalue weighted by Crippen LogP contribution is -2.04. The molecular formula is C10H7N3O6S2. The Hall–Kier alpha value is -2.17. The number of hydrogen-bond acceptors (Lipinski definition) is 5. The first-order chi connectivity index (χ1) is 9.63. The van der Waals surface area contributed by atoms with Crippen LogP contribution in [0.2, 0.25) is 0 Å². The van der Waals surface area contributed by atoms with Crippen LogP contribution in [0.3, 0.4) is 0 Å². The summed E-state index contributed by atoms with van der Waals surface area (Å²) in [7, 11) is -9.41. The molecule has 2 aromatic rings. The molecule has 0 aromatic heterocycles. The summed E-state index contributed by atoms with van der Waals surface area (Å²) in [6, 6.07) is 5.43. The van der Waals surface area contributed by atoms with Crippen LogP contribution in [0.5, 0.6) is 0 Å². The molecule has 0 saturated carbocycles. The Morgan fingerprint density at radius 2 is 1.67 bits per heavy atom. The van der Waals surface area contributed by atoms with E-state index in [1.54, 1.807) is 0 Å². The number of hydrogen-bond donors (Lipinski definition) is 2. The van der Waals surface area contributed by atoms with Crippen LogP contribution in [0.1, 0.15) is 0 Å². The summed E-state index contributed by atoms with van der Waals surface area (Å²) in [6.07, 6.45) is 0. The Bertz CT molecular complexity index is 991. The summed E-state index contributed by atoms with van der Waals surface area (Å²) in [5.74, 6) is 0. The van der Waals surface area contributed by atoms with E-state index >= 15 is 0 Å². The first kappa shape index (κ1) is 15.2. The van der Waals surface area contributed by atoms with E-state index in [-0.39, 0.29) is 16.5 Å². The standard InChI is InChI=1S/C10H7N3O6S2/c11-13-12-7-2-1-6-3-8(20(14,15)16)5-10(9(6)4-7)21(17,18)19/h1-5H,(H,14,15,16)(H,17,18,19). The van der Waals surface area contributed by atoms with Gasteiger partial charge in [-0.2, -0.15) is 16.8 Å². The van der Waals surface area contributed by atoms with Gasteiger partial charge in [0.2, 0.25) is 0 Å². The van der Waals surface area contributed by atoms with E-state index in [4.69, 9.17) is 10.1 Å². The van der Waals surface area contributed by atoms with Crippen LogP contribution in [0.15, 0.2) is 45.2 Å². The zero-order chi connectivity index (χ0) is 15.8. The number of benzene rings is 2. The van der Waals surface area contributed by atoms with Gasteiger partial charge in [-0.15, -0.1) is 0 Å². The van der Waals surface area contributed by atoms with Gasteiger partial charge in [0.05, 0.1) is 4.90 Å². The van der Waals surface area contributed by atoms with E-state index < -0.39 is 30.0 Å². The van der Waals surface area contributed by atoms with Crippen LogP contribution in [0.25, 0.3) is 21.2 Å². The quantitative estimate of drug-likeness (QED) is 0.380. The van der Waals surface area contributed by atoms with Gasteiger partial charge in [0.25, 0.3) is 20.2 Å². The van der Waals surface area contributed by atoms with Gasteiger partial charge in [-0.25, -0.2) is 0 Å². The third-order valence-corrected chi connectivity index (χ3v) is 4.33. The molecule has 0 unspecified atom stereocenters. The van der Waals surface area contributed by atoms with Crippen LogP contribution in [-0.4, -0.2) is 25.9 Å². The average molecular weight is 329 g/mol. The molecule has 0 aliphatic heterocycles. The predicted octanol–water partition coefficient (Wildman–Crippen LogP) is 2.28. The molecule has 2 aromatic carbocycles. The summed E-state index contributed by atoms with van der Waals surface area (Å²) in [4.78, 5) is 1.14. The SMILES string of the molecule is [N-]=[N+]=Nc1ccc2cc(S(=O)(=O)O)cc(S(=O)(=O)O)c2c1. The summed E-state index contributed by atoms with van der Waals surface area (Å²) < 4.78 is 63.2. The van der Waals surface area contributed by atoms with Crippen LogP contribution < -0.4 is 0 Å². The fraction of sp³-hybridized carbons (Fsp3) is 0. The molecule has 0 aliphatic carbocycles. The second kappa shape index (κ2) is 4.98. The highest BCUT2D eigenvalue weighted by atomic mass is 32.2. The van der Waals surface area contributed by atoms with Crippen molar-refractivity contribution in [3.63, 3.8) is 0 Å². The van der Waals surface area contributed by atoms with E-state index in [1.165, 1.54) is 18.2 Å². The molecule has 0 spiro atoms. The second-order valence-electron chi connectivity index (χ2n) is 3.97. The monoisotopic (exact) mass is 329 g/mol. The number of fused-ring (bicyclic) bond motifs is 1. The predicted molar refractivity (Wildman–Crippen MR) is 72.4 cm³/mol. The van der Waals surface area contributed by atoms with Gasteiger partial charge >= 0.3 is 0 Å².